The van der Waals surface area contributed by atoms with Gasteiger partial charge in [0.05, 0.1) is 11.7 Å². The zero-order valence-electron chi connectivity index (χ0n) is 18.5. The number of ether oxygens (including phenoxy) is 1. The fourth-order valence-electron chi connectivity index (χ4n) is 3.93. The van der Waals surface area contributed by atoms with Crippen LogP contribution in [0, 0.1) is 5.92 Å². The zero-order valence-corrected chi connectivity index (χ0v) is 21.6. The summed E-state index contributed by atoms with van der Waals surface area (Å²) < 4.78 is 14.5. The van der Waals surface area contributed by atoms with Gasteiger partial charge in [0.15, 0.2) is 8.32 Å². The lowest BCUT2D eigenvalue weighted by Crippen LogP contribution is -2.51. The van der Waals surface area contributed by atoms with Gasteiger partial charge in [-0.15, -0.1) is 0 Å². The molecule has 0 spiro atoms. The van der Waals surface area contributed by atoms with Crippen LogP contribution in [0.1, 0.15) is 67.2 Å². The highest BCUT2D eigenvalue weighted by molar-refractivity contribution is 14.1. The molecule has 4 nitrogen and oxygen atoms in total. The predicted octanol–water partition coefficient (Wildman–Crippen LogP) is 6.14. The first-order valence-electron chi connectivity index (χ1n) is 10.7. The van der Waals surface area contributed by atoms with Gasteiger partial charge >= 0.3 is 5.97 Å². The van der Waals surface area contributed by atoms with Crippen LogP contribution in [0.4, 0.5) is 0 Å². The van der Waals surface area contributed by atoms with Gasteiger partial charge in [0, 0.05) is 12.3 Å². The molecule has 1 aliphatic rings. The molecule has 1 aliphatic heterocycles. The first-order chi connectivity index (χ1) is 13.2. The third-order valence-corrected chi connectivity index (χ3v) is 12.0. The summed E-state index contributed by atoms with van der Waals surface area (Å²) in [4.78, 5) is 12.3. The van der Waals surface area contributed by atoms with Crippen LogP contribution in [-0.2, 0) is 14.0 Å². The first-order valence-corrected chi connectivity index (χ1v) is 14.5. The van der Waals surface area contributed by atoms with Crippen LogP contribution in [0.2, 0.25) is 18.1 Å². The second kappa shape index (κ2) is 11.9. The van der Waals surface area contributed by atoms with Crippen LogP contribution in [0.25, 0.3) is 0 Å². The summed E-state index contributed by atoms with van der Waals surface area (Å²) >= 11 is 2.18. The number of carbonyl (C=O) groups is 1. The number of rotatable bonds is 6. The standard InChI is InChI=1S/C22H39IO4Si/c1-7-28(8-2,9-3)27-22(6)15-11-10-12-20(25)26-21(18(5)16-23)17(4)13-14-19(22)24/h13-14,16-17,19,21,24H,7-12,15H2,1-6H3/b14-13+,18-16+/t17-,19-,21-,22+/m0/s1. The summed E-state index contributed by atoms with van der Waals surface area (Å²) in [6, 6.07) is 3.16. The van der Waals surface area contributed by atoms with Crippen LogP contribution in [0.3, 0.4) is 0 Å². The Morgan fingerprint density at radius 1 is 1.32 bits per heavy atom. The predicted molar refractivity (Wildman–Crippen MR) is 127 cm³/mol. The van der Waals surface area contributed by atoms with Gasteiger partial charge in [-0.2, -0.15) is 0 Å². The molecule has 0 bridgehead atoms. The highest BCUT2D eigenvalue weighted by Crippen LogP contribution is 2.34. The van der Waals surface area contributed by atoms with Crippen molar-refractivity contribution >= 4 is 36.9 Å². The summed E-state index contributed by atoms with van der Waals surface area (Å²) in [6.07, 6.45) is 5.59. The fourth-order valence-corrected chi connectivity index (χ4v) is 7.43. The molecular formula is C22H39IO4Si. The molecule has 0 fully saturated rings. The van der Waals surface area contributed by atoms with E-state index in [0.717, 1.165) is 43.0 Å². The van der Waals surface area contributed by atoms with Gasteiger partial charge in [-0.25, -0.2) is 0 Å². The summed E-state index contributed by atoms with van der Waals surface area (Å²) in [5, 5.41) is 11.1. The van der Waals surface area contributed by atoms with E-state index < -0.39 is 20.0 Å². The highest BCUT2D eigenvalue weighted by Gasteiger charge is 2.41. The Balaban J connectivity index is 3.19. The molecule has 0 amide bonds. The molecule has 0 aromatic heterocycles. The minimum absolute atomic E-state index is 0.0150. The fraction of sp³-hybridized carbons (Fsp3) is 0.773. The van der Waals surface area contributed by atoms with E-state index in [9.17, 15) is 9.90 Å². The summed E-state index contributed by atoms with van der Waals surface area (Å²) in [5.74, 6) is -0.162. The largest absolute Gasteiger partial charge is 0.457 e. The Hall–Kier alpha value is -0.183. The number of carbonyl (C=O) groups excluding carboxylic acids is 1. The highest BCUT2D eigenvalue weighted by atomic mass is 127. The Kier molecular flexibility index (Phi) is 11.0. The number of hydrogen-bond donors (Lipinski definition) is 1. The molecule has 28 heavy (non-hydrogen) atoms. The van der Waals surface area contributed by atoms with Gasteiger partial charge in [-0.1, -0.05) is 62.4 Å². The van der Waals surface area contributed by atoms with E-state index in [1.54, 1.807) is 0 Å². The maximum absolute atomic E-state index is 12.3. The van der Waals surface area contributed by atoms with Crippen molar-refractivity contribution in [2.24, 2.45) is 5.92 Å². The maximum atomic E-state index is 12.3. The van der Waals surface area contributed by atoms with E-state index in [0.29, 0.717) is 6.42 Å². The van der Waals surface area contributed by atoms with Crippen LogP contribution in [0.5, 0.6) is 0 Å². The SMILES string of the molecule is CC[Si](CC)(CC)O[C@]1(C)CCCCC(=O)O[C@H](/C(C)=C/I)[C@@H](C)/C=C/[C@@H]1O. The number of aliphatic hydroxyl groups is 1. The molecule has 1 N–H and O–H groups in total. The topological polar surface area (TPSA) is 55.8 Å². The van der Waals surface area contributed by atoms with Crippen molar-refractivity contribution in [3.63, 3.8) is 0 Å². The summed E-state index contributed by atoms with van der Waals surface area (Å²) in [5.41, 5.74) is 0.406. The van der Waals surface area contributed by atoms with Crippen molar-refractivity contribution in [1.29, 1.82) is 0 Å². The second-order valence-corrected chi connectivity index (χ2v) is 13.6. The molecule has 0 radical (unpaired) electrons. The minimum atomic E-state index is -1.87. The third-order valence-electron chi connectivity index (χ3n) is 6.27. The lowest BCUT2D eigenvalue weighted by atomic mass is 9.90. The smallest absolute Gasteiger partial charge is 0.306 e. The van der Waals surface area contributed by atoms with Crippen LogP contribution in [-0.4, -0.2) is 37.2 Å². The van der Waals surface area contributed by atoms with Gasteiger partial charge in [0.1, 0.15) is 6.10 Å². The van der Waals surface area contributed by atoms with Gasteiger partial charge in [-0.05, 0) is 60.9 Å². The summed E-state index contributed by atoms with van der Waals surface area (Å²) in [6.45, 7) is 12.7. The van der Waals surface area contributed by atoms with Crippen molar-refractivity contribution in [2.45, 2.75) is 103 Å². The van der Waals surface area contributed by atoms with E-state index >= 15 is 0 Å². The quantitative estimate of drug-likeness (QED) is 0.197. The van der Waals surface area contributed by atoms with E-state index in [1.807, 2.05) is 37.0 Å². The van der Waals surface area contributed by atoms with Crippen LogP contribution >= 0.6 is 22.6 Å². The lowest BCUT2D eigenvalue weighted by molar-refractivity contribution is -0.149. The lowest BCUT2D eigenvalue weighted by Gasteiger charge is -2.43. The molecule has 0 saturated heterocycles. The molecule has 6 heteroatoms. The Labute approximate surface area is 186 Å². The van der Waals surface area contributed by atoms with Crippen molar-refractivity contribution in [2.75, 3.05) is 0 Å². The Morgan fingerprint density at radius 3 is 2.46 bits per heavy atom. The van der Waals surface area contributed by atoms with E-state index in [4.69, 9.17) is 9.16 Å². The van der Waals surface area contributed by atoms with Crippen LogP contribution in [0.15, 0.2) is 21.8 Å². The Bertz CT molecular complexity index is 550. The molecule has 0 aromatic rings. The average molecular weight is 523 g/mol. The molecule has 162 valence electrons. The maximum Gasteiger partial charge on any atom is 0.306 e. The van der Waals surface area contributed by atoms with Crippen molar-refractivity contribution in [3.8, 4) is 0 Å². The number of halogens is 1. The number of hydrogen-bond acceptors (Lipinski definition) is 4. The zero-order chi connectivity index (χ0) is 21.4. The third kappa shape index (κ3) is 6.95. The monoisotopic (exact) mass is 522 g/mol. The molecule has 0 aliphatic carbocycles. The van der Waals surface area contributed by atoms with Crippen LogP contribution < -0.4 is 0 Å². The number of aliphatic hydroxyl groups excluding tert-OH is 1. The van der Waals surface area contributed by atoms with E-state index in [2.05, 4.69) is 43.4 Å². The van der Waals surface area contributed by atoms with Crippen molar-refractivity contribution < 1.29 is 19.1 Å². The Morgan fingerprint density at radius 2 is 1.93 bits per heavy atom. The number of esters is 1. The van der Waals surface area contributed by atoms with E-state index in [1.165, 1.54) is 0 Å². The second-order valence-electron chi connectivity index (χ2n) is 8.32. The molecule has 1 heterocycles. The molecule has 0 saturated carbocycles. The van der Waals surface area contributed by atoms with Gasteiger partial charge in [-0.3, -0.25) is 4.79 Å². The van der Waals surface area contributed by atoms with Gasteiger partial charge in [0.25, 0.3) is 0 Å². The first kappa shape index (κ1) is 25.9. The normalized spacial score (nSPS) is 32.2. The molecule has 0 unspecified atom stereocenters. The molecule has 1 rings (SSSR count). The number of cyclic esters (lactones) is 1. The van der Waals surface area contributed by atoms with Crippen molar-refractivity contribution in [1.82, 2.24) is 0 Å². The minimum Gasteiger partial charge on any atom is -0.457 e. The average Bonchev–Trinajstić information content (AvgIpc) is 2.70. The molecular weight excluding hydrogens is 483 g/mol. The summed E-state index contributed by atoms with van der Waals surface area (Å²) in [7, 11) is -1.87. The molecule has 0 aromatic carbocycles. The van der Waals surface area contributed by atoms with Crippen molar-refractivity contribution in [3.05, 3.63) is 21.8 Å². The van der Waals surface area contributed by atoms with E-state index in [-0.39, 0.29) is 18.0 Å². The van der Waals surface area contributed by atoms with Gasteiger partial charge < -0.3 is 14.3 Å². The van der Waals surface area contributed by atoms with Gasteiger partial charge in [0.2, 0.25) is 0 Å². The molecule has 4 atom stereocenters.